The van der Waals surface area contributed by atoms with Crippen LogP contribution in [-0.2, 0) is 6.42 Å². The molecule has 0 fully saturated rings. The fourth-order valence-electron chi connectivity index (χ4n) is 2.55. The molecule has 0 saturated carbocycles. The third kappa shape index (κ3) is 3.70. The van der Waals surface area contributed by atoms with Crippen molar-refractivity contribution >= 4 is 44.4 Å². The van der Waals surface area contributed by atoms with Crippen LogP contribution >= 0.6 is 23.6 Å². The molecule has 4 rings (SSSR count). The lowest BCUT2D eigenvalue weighted by Gasteiger charge is -2.08. The number of pyridine rings is 2. The lowest BCUT2D eigenvalue weighted by atomic mass is 10.1. The van der Waals surface area contributed by atoms with Gasteiger partial charge in [-0.25, -0.2) is 4.98 Å². The largest absolute Gasteiger partial charge is 0.348 e. The highest BCUT2D eigenvalue weighted by atomic mass is 32.1. The molecule has 0 aliphatic rings. The highest BCUT2D eigenvalue weighted by Crippen LogP contribution is 2.30. The maximum atomic E-state index is 5.47. The van der Waals surface area contributed by atoms with Crippen LogP contribution < -0.4 is 5.32 Å². The maximum absolute atomic E-state index is 5.47. The second-order valence-corrected chi connectivity index (χ2v) is 7.05. The van der Waals surface area contributed by atoms with Crippen LogP contribution in [0.15, 0.2) is 67.3 Å². The van der Waals surface area contributed by atoms with Gasteiger partial charge in [-0.05, 0) is 29.8 Å². The van der Waals surface area contributed by atoms with E-state index in [1.807, 2.05) is 30.5 Å². The van der Waals surface area contributed by atoms with E-state index in [4.69, 9.17) is 17.2 Å². The summed E-state index contributed by atoms with van der Waals surface area (Å²) in [5, 5.41) is 4.22. The maximum Gasteiger partial charge on any atom is 0.124 e. The molecule has 4 aromatic rings. The summed E-state index contributed by atoms with van der Waals surface area (Å²) in [6.07, 6.45) is 7.80. The number of fused-ring (bicyclic) bond motifs is 1. The number of nitrogens with zero attached hydrogens (tertiary/aromatic N) is 3. The average Bonchev–Trinajstić information content (AvgIpc) is 3.07. The quantitative estimate of drug-likeness (QED) is 0.532. The van der Waals surface area contributed by atoms with E-state index in [1.165, 1.54) is 0 Å². The van der Waals surface area contributed by atoms with Gasteiger partial charge in [0, 0.05) is 30.6 Å². The molecule has 0 aliphatic heterocycles. The minimum atomic E-state index is 0.671. The topological polar surface area (TPSA) is 50.7 Å². The molecule has 0 radical (unpaired) electrons. The Labute approximate surface area is 154 Å². The molecule has 0 spiro atoms. The minimum Gasteiger partial charge on any atom is -0.348 e. The summed E-state index contributed by atoms with van der Waals surface area (Å²) >= 11 is 7.12. The number of anilines is 1. The number of benzene rings is 1. The summed E-state index contributed by atoms with van der Waals surface area (Å²) in [6, 6.07) is 14.1. The fraction of sp³-hybridized carbons (Fsp3) is 0.0526. The van der Waals surface area contributed by atoms with Crippen molar-refractivity contribution < 1.29 is 0 Å². The third-order valence-corrected chi connectivity index (χ3v) is 4.98. The van der Waals surface area contributed by atoms with E-state index in [0.717, 1.165) is 37.0 Å². The predicted octanol–water partition coefficient (Wildman–Crippen LogP) is 4.74. The molecule has 0 amide bonds. The van der Waals surface area contributed by atoms with E-state index in [1.54, 1.807) is 29.9 Å². The molecule has 0 unspecified atom stereocenters. The van der Waals surface area contributed by atoms with Crippen molar-refractivity contribution in [3.8, 4) is 10.6 Å². The van der Waals surface area contributed by atoms with E-state index in [-0.39, 0.29) is 0 Å². The molecule has 6 heteroatoms. The molecule has 4 nitrogen and oxygen atoms in total. The molecule has 0 atom stereocenters. The van der Waals surface area contributed by atoms with E-state index < -0.39 is 0 Å². The van der Waals surface area contributed by atoms with Crippen molar-refractivity contribution in [2.75, 3.05) is 5.32 Å². The van der Waals surface area contributed by atoms with Crippen molar-refractivity contribution in [1.29, 1.82) is 0 Å². The third-order valence-electron chi connectivity index (χ3n) is 3.68. The second kappa shape index (κ2) is 7.04. The highest BCUT2D eigenvalue weighted by molar-refractivity contribution is 7.80. The van der Waals surface area contributed by atoms with Crippen molar-refractivity contribution in [1.82, 2.24) is 15.0 Å². The molecule has 1 N–H and O–H groups in total. The molecule has 0 aliphatic carbocycles. The number of hydrogen-bond acceptors (Lipinski definition) is 5. The summed E-state index contributed by atoms with van der Waals surface area (Å²) in [5.41, 5.74) is 4.13. The first kappa shape index (κ1) is 15.8. The van der Waals surface area contributed by atoms with Crippen molar-refractivity contribution in [3.05, 3.63) is 72.8 Å². The Kier molecular flexibility index (Phi) is 4.45. The van der Waals surface area contributed by atoms with Gasteiger partial charge >= 0.3 is 0 Å². The zero-order valence-corrected chi connectivity index (χ0v) is 14.8. The summed E-state index contributed by atoms with van der Waals surface area (Å²) < 4.78 is 1.09. The Hall–Kier alpha value is -2.70. The van der Waals surface area contributed by atoms with Crippen LogP contribution in [0.25, 0.3) is 20.8 Å². The highest BCUT2D eigenvalue weighted by Gasteiger charge is 2.08. The Balaban J connectivity index is 1.54. The van der Waals surface area contributed by atoms with Crippen molar-refractivity contribution in [2.24, 2.45) is 0 Å². The zero-order chi connectivity index (χ0) is 17.1. The van der Waals surface area contributed by atoms with Crippen LogP contribution in [0, 0.1) is 0 Å². The zero-order valence-electron chi connectivity index (χ0n) is 13.2. The SMILES string of the molecule is S=C(Cc1cccc(-c2nc3ccncc3s2)c1)Nc1cccnc1. The van der Waals surface area contributed by atoms with Gasteiger partial charge in [-0.1, -0.05) is 30.4 Å². The van der Waals surface area contributed by atoms with Crippen molar-refractivity contribution in [2.45, 2.75) is 6.42 Å². The molecule has 0 saturated heterocycles. The Morgan fingerprint density at radius 1 is 1.04 bits per heavy atom. The van der Waals surface area contributed by atoms with E-state index >= 15 is 0 Å². The second-order valence-electron chi connectivity index (χ2n) is 5.53. The van der Waals surface area contributed by atoms with E-state index in [2.05, 4.69) is 33.5 Å². The van der Waals surface area contributed by atoms with Gasteiger partial charge in [-0.2, -0.15) is 0 Å². The lowest BCUT2D eigenvalue weighted by molar-refractivity contribution is 1.31. The number of hydrogen-bond donors (Lipinski definition) is 1. The first-order valence-electron chi connectivity index (χ1n) is 7.78. The van der Waals surface area contributed by atoms with Gasteiger partial charge in [0.2, 0.25) is 0 Å². The van der Waals surface area contributed by atoms with Crippen LogP contribution in [0.5, 0.6) is 0 Å². The van der Waals surface area contributed by atoms with Gasteiger partial charge in [0.05, 0.1) is 27.1 Å². The number of thiocarbonyl (C=S) groups is 1. The molecule has 25 heavy (non-hydrogen) atoms. The van der Waals surface area contributed by atoms with Gasteiger partial charge < -0.3 is 5.32 Å². The molecular weight excluding hydrogens is 348 g/mol. The smallest absolute Gasteiger partial charge is 0.124 e. The normalized spacial score (nSPS) is 10.7. The summed E-state index contributed by atoms with van der Waals surface area (Å²) in [5.74, 6) is 0. The first-order chi connectivity index (χ1) is 12.3. The Morgan fingerprint density at radius 3 is 2.80 bits per heavy atom. The predicted molar refractivity (Wildman–Crippen MR) is 107 cm³/mol. The van der Waals surface area contributed by atoms with Crippen LogP contribution in [-0.4, -0.2) is 19.9 Å². The Bertz CT molecular complexity index is 995. The monoisotopic (exact) mass is 362 g/mol. The van der Waals surface area contributed by atoms with Gasteiger partial charge in [0.15, 0.2) is 0 Å². The summed E-state index contributed by atoms with van der Waals surface area (Å²) in [7, 11) is 0. The molecule has 0 bridgehead atoms. The summed E-state index contributed by atoms with van der Waals surface area (Å²) in [4.78, 5) is 13.7. The van der Waals surface area contributed by atoms with E-state index in [9.17, 15) is 0 Å². The first-order valence-corrected chi connectivity index (χ1v) is 9.00. The molecular formula is C19H14N4S2. The number of nitrogens with one attached hydrogen (secondary N) is 1. The summed E-state index contributed by atoms with van der Waals surface area (Å²) in [6.45, 7) is 0. The van der Waals surface area contributed by atoms with Gasteiger partial charge in [0.25, 0.3) is 0 Å². The van der Waals surface area contributed by atoms with Gasteiger partial charge in [0.1, 0.15) is 5.01 Å². The number of thiazole rings is 1. The van der Waals surface area contributed by atoms with Crippen LogP contribution in [0.1, 0.15) is 5.56 Å². The van der Waals surface area contributed by atoms with Crippen molar-refractivity contribution in [3.63, 3.8) is 0 Å². The molecule has 1 aromatic carbocycles. The number of aromatic nitrogens is 3. The minimum absolute atomic E-state index is 0.671. The van der Waals surface area contributed by atoms with Gasteiger partial charge in [-0.3, -0.25) is 9.97 Å². The average molecular weight is 362 g/mol. The van der Waals surface area contributed by atoms with Crippen LogP contribution in [0.2, 0.25) is 0 Å². The Morgan fingerprint density at radius 2 is 1.96 bits per heavy atom. The number of rotatable bonds is 4. The lowest BCUT2D eigenvalue weighted by Crippen LogP contribution is -2.12. The molecule has 122 valence electrons. The van der Waals surface area contributed by atoms with Crippen LogP contribution in [0.4, 0.5) is 5.69 Å². The van der Waals surface area contributed by atoms with Crippen LogP contribution in [0.3, 0.4) is 0 Å². The fourth-order valence-corrected chi connectivity index (χ4v) is 3.76. The molecule has 3 heterocycles. The van der Waals surface area contributed by atoms with Gasteiger partial charge in [-0.15, -0.1) is 11.3 Å². The standard InChI is InChI=1S/C19H14N4S2/c24-18(22-15-5-2-7-20-11-15)10-13-3-1-4-14(9-13)19-23-16-6-8-21-12-17(16)25-19/h1-9,11-12H,10H2,(H,22,24). The molecule has 3 aromatic heterocycles. The van der Waals surface area contributed by atoms with E-state index in [0.29, 0.717) is 6.42 Å².